The number of nitrogens with one attached hydrogen (secondary N) is 2. The van der Waals surface area contributed by atoms with E-state index in [0.717, 1.165) is 5.69 Å². The van der Waals surface area contributed by atoms with Crippen LogP contribution in [0.2, 0.25) is 5.02 Å². The molecular weight excluding hydrogens is 458 g/mol. The molecule has 9 nitrogen and oxygen atoms in total. The molecule has 0 spiro atoms. The van der Waals surface area contributed by atoms with Crippen molar-refractivity contribution in [1.82, 2.24) is 19.8 Å². The van der Waals surface area contributed by atoms with Crippen molar-refractivity contribution in [3.8, 4) is 22.9 Å². The van der Waals surface area contributed by atoms with Gasteiger partial charge in [0.2, 0.25) is 0 Å². The van der Waals surface area contributed by atoms with Crippen molar-refractivity contribution in [3.63, 3.8) is 0 Å². The van der Waals surface area contributed by atoms with Crippen LogP contribution in [0, 0.1) is 0 Å². The number of nitrogens with zero attached hydrogens (tertiary/aromatic N) is 3. The molecule has 0 aliphatic carbocycles. The smallest absolute Gasteiger partial charge is 0.308 e. The highest BCUT2D eigenvalue weighted by atomic mass is 35.5. The maximum Gasteiger partial charge on any atom is 0.308 e. The Balaban J connectivity index is 1.71. The van der Waals surface area contributed by atoms with Crippen molar-refractivity contribution >= 4 is 34.8 Å². The van der Waals surface area contributed by atoms with Gasteiger partial charge in [-0.15, -0.1) is 5.10 Å². The van der Waals surface area contributed by atoms with E-state index in [-0.39, 0.29) is 11.2 Å². The van der Waals surface area contributed by atoms with Crippen LogP contribution in [0.5, 0.6) is 11.5 Å². The first kappa shape index (κ1) is 23.3. The number of anilines is 1. The Morgan fingerprint density at radius 3 is 2.56 bits per heavy atom. The predicted octanol–water partition coefficient (Wildman–Crippen LogP) is 4.86. The van der Waals surface area contributed by atoms with E-state index in [1.807, 2.05) is 20.8 Å². The molecule has 0 unspecified atom stereocenters. The number of fused-ring (bicyclic) bond motifs is 1. The fraction of sp³-hybridized carbons (Fsp3) is 0.250. The van der Waals surface area contributed by atoms with Gasteiger partial charge in [-0.05, 0) is 36.4 Å². The van der Waals surface area contributed by atoms with Crippen molar-refractivity contribution in [2.45, 2.75) is 33.1 Å². The molecule has 0 saturated carbocycles. The average molecular weight is 482 g/mol. The number of amides is 1. The van der Waals surface area contributed by atoms with Gasteiger partial charge in [0.15, 0.2) is 17.2 Å². The molecule has 0 bridgehead atoms. The molecule has 0 saturated heterocycles. The van der Waals surface area contributed by atoms with Gasteiger partial charge in [0.1, 0.15) is 10.8 Å². The number of methoxy groups -OCH3 is 1. The molecule has 2 aromatic carbocycles. The van der Waals surface area contributed by atoms with E-state index in [2.05, 4.69) is 20.5 Å². The fourth-order valence-electron chi connectivity index (χ4n) is 3.39. The third kappa shape index (κ3) is 4.60. The second-order valence-electron chi connectivity index (χ2n) is 8.71. The molecule has 2 heterocycles. The lowest BCUT2D eigenvalue weighted by atomic mass is 9.92. The van der Waals surface area contributed by atoms with Crippen LogP contribution >= 0.6 is 11.6 Å². The topological polar surface area (TPSA) is 111 Å². The average Bonchev–Trinajstić information content (AvgIpc) is 3.34. The predicted molar refractivity (Wildman–Crippen MR) is 129 cm³/mol. The fourth-order valence-corrected chi connectivity index (χ4v) is 3.84. The van der Waals surface area contributed by atoms with Crippen molar-refractivity contribution in [3.05, 3.63) is 58.7 Å². The minimum absolute atomic E-state index is 0.199. The normalized spacial score (nSPS) is 11.5. The minimum Gasteiger partial charge on any atom is -0.497 e. The zero-order valence-corrected chi connectivity index (χ0v) is 20.1. The first-order chi connectivity index (χ1) is 16.1. The number of carbonyl (C=O) groups is 2. The molecule has 0 radical (unpaired) electrons. The van der Waals surface area contributed by atoms with Crippen LogP contribution in [0.25, 0.3) is 17.0 Å². The Bertz CT molecular complexity index is 1400. The third-order valence-electron chi connectivity index (χ3n) is 5.06. The summed E-state index contributed by atoms with van der Waals surface area (Å²) in [4.78, 5) is 29.0. The number of hydrogen-bond donors (Lipinski definition) is 2. The Morgan fingerprint density at radius 2 is 1.91 bits per heavy atom. The molecule has 2 aromatic heterocycles. The summed E-state index contributed by atoms with van der Waals surface area (Å²) in [5.41, 5.74) is 2.39. The van der Waals surface area contributed by atoms with E-state index >= 15 is 0 Å². The van der Waals surface area contributed by atoms with Crippen LogP contribution in [-0.4, -0.2) is 38.8 Å². The SMILES string of the molecule is COc1cccc(C(=O)Nc2cc(-c3nc4c(Cl)c(C(C)(C)C)[nH]n4n3)ccc2OC(C)=O)c1. The molecule has 1 amide bonds. The lowest BCUT2D eigenvalue weighted by Gasteiger charge is -2.16. The lowest BCUT2D eigenvalue weighted by Crippen LogP contribution is -2.14. The van der Waals surface area contributed by atoms with Crippen molar-refractivity contribution in [2.75, 3.05) is 12.4 Å². The van der Waals surface area contributed by atoms with Crippen LogP contribution in [0.15, 0.2) is 42.5 Å². The highest BCUT2D eigenvalue weighted by Gasteiger charge is 2.24. The second-order valence-corrected chi connectivity index (χ2v) is 9.09. The van der Waals surface area contributed by atoms with Crippen LogP contribution in [0.4, 0.5) is 5.69 Å². The third-order valence-corrected chi connectivity index (χ3v) is 5.42. The molecule has 10 heteroatoms. The Morgan fingerprint density at radius 1 is 1.15 bits per heavy atom. The van der Waals surface area contributed by atoms with Crippen LogP contribution in [0.3, 0.4) is 0 Å². The van der Waals surface area contributed by atoms with E-state index in [9.17, 15) is 9.59 Å². The maximum atomic E-state index is 12.9. The van der Waals surface area contributed by atoms with E-state index in [1.165, 1.54) is 18.7 Å². The highest BCUT2D eigenvalue weighted by Crippen LogP contribution is 2.34. The second kappa shape index (κ2) is 8.83. The summed E-state index contributed by atoms with van der Waals surface area (Å²) in [6, 6.07) is 11.6. The van der Waals surface area contributed by atoms with Gasteiger partial charge in [-0.3, -0.25) is 14.7 Å². The number of benzene rings is 2. The minimum atomic E-state index is -0.514. The van der Waals surface area contributed by atoms with Gasteiger partial charge in [-0.2, -0.15) is 4.63 Å². The number of carbonyl (C=O) groups excluding carboxylic acids is 2. The summed E-state index contributed by atoms with van der Waals surface area (Å²) >= 11 is 6.54. The van der Waals surface area contributed by atoms with Gasteiger partial charge in [0, 0.05) is 23.5 Å². The van der Waals surface area contributed by atoms with Crippen molar-refractivity contribution in [1.29, 1.82) is 0 Å². The molecule has 176 valence electrons. The summed E-state index contributed by atoms with van der Waals surface area (Å²) in [5.74, 6) is 0.224. The molecule has 34 heavy (non-hydrogen) atoms. The van der Waals surface area contributed by atoms with Gasteiger partial charge in [0.25, 0.3) is 5.91 Å². The zero-order chi connectivity index (χ0) is 24.6. The van der Waals surface area contributed by atoms with Crippen LogP contribution in [0.1, 0.15) is 43.7 Å². The monoisotopic (exact) mass is 481 g/mol. The maximum absolute atomic E-state index is 12.9. The Hall–Kier alpha value is -3.85. The Labute approximate surface area is 201 Å². The van der Waals surface area contributed by atoms with Gasteiger partial charge < -0.3 is 14.8 Å². The molecule has 0 fully saturated rings. The summed E-state index contributed by atoms with van der Waals surface area (Å²) in [5, 5.41) is 11.0. The number of rotatable bonds is 5. The molecule has 0 aliphatic rings. The number of aromatic nitrogens is 4. The summed E-state index contributed by atoms with van der Waals surface area (Å²) in [6.45, 7) is 7.40. The van der Waals surface area contributed by atoms with Crippen LogP contribution in [-0.2, 0) is 10.2 Å². The van der Waals surface area contributed by atoms with E-state index in [1.54, 1.807) is 42.5 Å². The van der Waals surface area contributed by atoms with Gasteiger partial charge >= 0.3 is 5.97 Å². The number of H-pyrrole nitrogens is 1. The van der Waals surface area contributed by atoms with Gasteiger partial charge in [-0.1, -0.05) is 38.4 Å². The number of aromatic amines is 1. The molecule has 4 aromatic rings. The standard InChI is InChI=1S/C24H24ClN5O4/c1-13(31)34-18-10-9-14(12-17(18)26-23(32)15-7-6-8-16(11-15)33-5)21-27-22-19(25)20(24(2,3)4)28-30(22)29-21/h6-12,28H,1-5H3,(H,26,32). The first-order valence-electron chi connectivity index (χ1n) is 10.5. The van der Waals surface area contributed by atoms with Crippen molar-refractivity contribution < 1.29 is 19.1 Å². The van der Waals surface area contributed by atoms with Crippen LogP contribution < -0.4 is 14.8 Å². The van der Waals surface area contributed by atoms with Gasteiger partial charge in [0.05, 0.1) is 18.5 Å². The number of ether oxygens (including phenoxy) is 2. The molecule has 4 rings (SSSR count). The molecule has 2 N–H and O–H groups in total. The van der Waals surface area contributed by atoms with E-state index in [4.69, 9.17) is 21.1 Å². The highest BCUT2D eigenvalue weighted by molar-refractivity contribution is 6.34. The molecule has 0 atom stereocenters. The number of halogens is 1. The Kier molecular flexibility index (Phi) is 6.05. The first-order valence-corrected chi connectivity index (χ1v) is 10.9. The zero-order valence-electron chi connectivity index (χ0n) is 19.4. The number of esters is 1. The molecular formula is C24H24ClN5O4. The summed E-state index contributed by atoms with van der Waals surface area (Å²) in [7, 11) is 1.52. The number of hydrogen-bond acceptors (Lipinski definition) is 6. The summed E-state index contributed by atoms with van der Waals surface area (Å²) < 4.78 is 12.0. The van der Waals surface area contributed by atoms with Gasteiger partial charge in [-0.25, -0.2) is 4.98 Å². The van der Waals surface area contributed by atoms with E-state index in [0.29, 0.717) is 39.1 Å². The molecule has 0 aliphatic heterocycles. The summed E-state index contributed by atoms with van der Waals surface area (Å²) in [6.07, 6.45) is 0. The largest absolute Gasteiger partial charge is 0.497 e. The quantitative estimate of drug-likeness (QED) is 0.311. The van der Waals surface area contributed by atoms with Crippen molar-refractivity contribution in [2.24, 2.45) is 0 Å². The van der Waals surface area contributed by atoms with E-state index < -0.39 is 11.9 Å². The lowest BCUT2D eigenvalue weighted by molar-refractivity contribution is -0.131.